The number of carbonyl (C=O) groups excluding carboxylic acids is 1. The molecule has 1 fully saturated rings. The molecular weight excluding hydrogens is 132 g/mol. The molecule has 0 bridgehead atoms. The van der Waals surface area contributed by atoms with Gasteiger partial charge in [0.1, 0.15) is 0 Å². The number of nitrogens with one attached hydrogen (secondary N) is 1. The molecule has 1 saturated heterocycles. The first-order valence-electron chi connectivity index (χ1n) is 3.27. The van der Waals surface area contributed by atoms with Crippen LogP contribution in [0, 0.1) is 0 Å². The Hall–Kier alpha value is -0.770. The van der Waals surface area contributed by atoms with Crippen molar-refractivity contribution in [3.05, 3.63) is 0 Å². The number of carbonyl (C=O) groups is 1. The highest BCUT2D eigenvalue weighted by Gasteiger charge is 2.22. The van der Waals surface area contributed by atoms with Crippen LogP contribution in [0.2, 0.25) is 0 Å². The lowest BCUT2D eigenvalue weighted by atomic mass is 10.5. The highest BCUT2D eigenvalue weighted by atomic mass is 16.6. The van der Waals surface area contributed by atoms with E-state index >= 15 is 0 Å². The van der Waals surface area contributed by atoms with Crippen molar-refractivity contribution in [1.82, 2.24) is 10.2 Å². The molecule has 58 valence electrons. The second kappa shape index (κ2) is 2.88. The minimum absolute atomic E-state index is 0.0597. The summed E-state index contributed by atoms with van der Waals surface area (Å²) in [4.78, 5) is 12.3. The summed E-state index contributed by atoms with van der Waals surface area (Å²) in [5.74, 6) is 0. The van der Waals surface area contributed by atoms with Gasteiger partial charge in [0.2, 0.25) is 0 Å². The Morgan fingerprint density at radius 3 is 2.80 bits per heavy atom. The van der Waals surface area contributed by atoms with Crippen LogP contribution >= 0.6 is 0 Å². The second-order valence-electron chi connectivity index (χ2n) is 2.54. The molecule has 0 saturated carbocycles. The smallest absolute Gasteiger partial charge is 0.316 e. The first-order valence-corrected chi connectivity index (χ1v) is 3.27. The van der Waals surface area contributed by atoms with E-state index in [1.807, 2.05) is 0 Å². The number of hydrogen-bond donors (Lipinski definition) is 1. The van der Waals surface area contributed by atoms with Gasteiger partial charge in [-0.1, -0.05) is 0 Å². The molecule has 1 aliphatic heterocycles. The quantitative estimate of drug-likeness (QED) is 0.539. The third kappa shape index (κ3) is 2.23. The molecule has 2 amide bonds. The van der Waals surface area contributed by atoms with Gasteiger partial charge in [-0.05, 0) is 0 Å². The van der Waals surface area contributed by atoms with E-state index in [1.165, 1.54) is 4.90 Å². The maximum Gasteiger partial charge on any atom is 0.316 e. The molecule has 0 radical (unpaired) electrons. The number of epoxide rings is 1. The number of urea groups is 1. The van der Waals surface area contributed by atoms with Gasteiger partial charge in [-0.15, -0.1) is 0 Å². The lowest BCUT2D eigenvalue weighted by molar-refractivity contribution is 0.216. The van der Waals surface area contributed by atoms with Crippen LogP contribution in [0.25, 0.3) is 0 Å². The maximum absolute atomic E-state index is 10.8. The Kier molecular flexibility index (Phi) is 2.11. The van der Waals surface area contributed by atoms with Crippen molar-refractivity contribution >= 4 is 6.03 Å². The van der Waals surface area contributed by atoms with Crippen molar-refractivity contribution in [3.8, 4) is 0 Å². The van der Waals surface area contributed by atoms with E-state index in [9.17, 15) is 4.79 Å². The van der Waals surface area contributed by atoms with Crippen molar-refractivity contribution in [2.45, 2.75) is 6.10 Å². The highest BCUT2D eigenvalue weighted by molar-refractivity contribution is 5.73. The molecule has 0 aromatic rings. The van der Waals surface area contributed by atoms with Crippen LogP contribution in [0.15, 0.2) is 0 Å². The van der Waals surface area contributed by atoms with Gasteiger partial charge in [0.25, 0.3) is 0 Å². The third-order valence-corrected chi connectivity index (χ3v) is 1.29. The standard InChI is InChI=1S/C6H12N2O2/c1-8(2)6(9)7-3-5-4-10-5/h5H,3-4H2,1-2H3,(H,7,9). The molecule has 1 aliphatic rings. The van der Waals surface area contributed by atoms with Crippen molar-refractivity contribution < 1.29 is 9.53 Å². The molecule has 4 heteroatoms. The fourth-order valence-electron chi connectivity index (χ4n) is 0.545. The van der Waals surface area contributed by atoms with E-state index < -0.39 is 0 Å². The zero-order valence-corrected chi connectivity index (χ0v) is 6.26. The summed E-state index contributed by atoms with van der Waals surface area (Å²) in [6.45, 7) is 1.42. The molecule has 1 rings (SSSR count). The fourth-order valence-corrected chi connectivity index (χ4v) is 0.545. The summed E-state index contributed by atoms with van der Waals surface area (Å²) in [6, 6.07) is -0.0597. The molecular formula is C6H12N2O2. The summed E-state index contributed by atoms with van der Waals surface area (Å²) in [6.07, 6.45) is 0.267. The van der Waals surface area contributed by atoms with E-state index in [0.29, 0.717) is 6.54 Å². The fraction of sp³-hybridized carbons (Fsp3) is 0.833. The van der Waals surface area contributed by atoms with Gasteiger partial charge in [0.05, 0.1) is 12.7 Å². The zero-order valence-electron chi connectivity index (χ0n) is 6.26. The van der Waals surface area contributed by atoms with Gasteiger partial charge in [-0.3, -0.25) is 0 Å². The van der Waals surface area contributed by atoms with E-state index in [2.05, 4.69) is 5.32 Å². The largest absolute Gasteiger partial charge is 0.371 e. The summed E-state index contributed by atoms with van der Waals surface area (Å²) >= 11 is 0. The first kappa shape index (κ1) is 7.34. The second-order valence-corrected chi connectivity index (χ2v) is 2.54. The molecule has 0 spiro atoms. The van der Waals surface area contributed by atoms with Crippen LogP contribution < -0.4 is 5.32 Å². The Labute approximate surface area is 60.1 Å². The normalized spacial score (nSPS) is 22.0. The zero-order chi connectivity index (χ0) is 7.56. The van der Waals surface area contributed by atoms with Gasteiger partial charge in [0, 0.05) is 20.6 Å². The molecule has 10 heavy (non-hydrogen) atoms. The van der Waals surface area contributed by atoms with E-state index in [4.69, 9.17) is 4.74 Å². The summed E-state index contributed by atoms with van der Waals surface area (Å²) in [5.41, 5.74) is 0. The van der Waals surface area contributed by atoms with Crippen LogP contribution in [0.4, 0.5) is 4.79 Å². The number of amides is 2. The van der Waals surface area contributed by atoms with Crippen LogP contribution in [0.5, 0.6) is 0 Å². The van der Waals surface area contributed by atoms with Gasteiger partial charge in [-0.2, -0.15) is 0 Å². The minimum atomic E-state index is -0.0597. The van der Waals surface area contributed by atoms with Gasteiger partial charge < -0.3 is 15.0 Å². The lowest BCUT2D eigenvalue weighted by Crippen LogP contribution is -2.36. The van der Waals surface area contributed by atoms with Crippen LogP contribution in [-0.2, 0) is 4.74 Å². The van der Waals surface area contributed by atoms with Gasteiger partial charge in [-0.25, -0.2) is 4.79 Å². The average Bonchev–Trinajstić information content (AvgIpc) is 2.64. The number of hydrogen-bond acceptors (Lipinski definition) is 2. The molecule has 4 nitrogen and oxygen atoms in total. The topological polar surface area (TPSA) is 44.9 Å². The SMILES string of the molecule is CN(C)C(=O)NCC1CO1. The van der Waals surface area contributed by atoms with E-state index in [-0.39, 0.29) is 12.1 Å². The number of nitrogens with zero attached hydrogens (tertiary/aromatic N) is 1. The predicted molar refractivity (Wildman–Crippen MR) is 36.8 cm³/mol. The Balaban J connectivity index is 2.05. The lowest BCUT2D eigenvalue weighted by Gasteiger charge is -2.10. The molecule has 1 unspecified atom stereocenters. The van der Waals surface area contributed by atoms with E-state index in [0.717, 1.165) is 6.61 Å². The Morgan fingerprint density at radius 2 is 2.40 bits per heavy atom. The molecule has 0 aromatic heterocycles. The summed E-state index contributed by atoms with van der Waals surface area (Å²) in [7, 11) is 3.42. The first-order chi connectivity index (χ1) is 4.70. The summed E-state index contributed by atoms with van der Waals surface area (Å²) in [5, 5.41) is 2.71. The van der Waals surface area contributed by atoms with Crippen LogP contribution in [0.1, 0.15) is 0 Å². The van der Waals surface area contributed by atoms with Gasteiger partial charge >= 0.3 is 6.03 Å². The third-order valence-electron chi connectivity index (χ3n) is 1.29. The average molecular weight is 144 g/mol. The number of rotatable bonds is 2. The monoisotopic (exact) mass is 144 g/mol. The highest BCUT2D eigenvalue weighted by Crippen LogP contribution is 2.05. The molecule has 1 N–H and O–H groups in total. The van der Waals surface area contributed by atoms with Crippen molar-refractivity contribution in [2.75, 3.05) is 27.2 Å². The molecule has 1 heterocycles. The van der Waals surface area contributed by atoms with Crippen LogP contribution in [-0.4, -0.2) is 44.3 Å². The van der Waals surface area contributed by atoms with Crippen molar-refractivity contribution in [2.24, 2.45) is 0 Å². The number of ether oxygens (including phenoxy) is 1. The van der Waals surface area contributed by atoms with Crippen molar-refractivity contribution in [3.63, 3.8) is 0 Å². The molecule has 0 aromatic carbocycles. The van der Waals surface area contributed by atoms with Gasteiger partial charge in [0.15, 0.2) is 0 Å². The minimum Gasteiger partial charge on any atom is -0.371 e. The maximum atomic E-state index is 10.8. The Bertz CT molecular complexity index is 132. The molecule has 1 atom stereocenters. The van der Waals surface area contributed by atoms with E-state index in [1.54, 1.807) is 14.1 Å². The van der Waals surface area contributed by atoms with Crippen molar-refractivity contribution in [1.29, 1.82) is 0 Å². The molecule has 0 aliphatic carbocycles. The Morgan fingerprint density at radius 1 is 1.80 bits per heavy atom. The van der Waals surface area contributed by atoms with Crippen LogP contribution in [0.3, 0.4) is 0 Å². The summed E-state index contributed by atoms with van der Waals surface area (Å²) < 4.78 is 4.91. The predicted octanol–water partition coefficient (Wildman–Crippen LogP) is -0.344.